The zero-order chi connectivity index (χ0) is 21.9. The Morgan fingerprint density at radius 2 is 1.25 bits per heavy atom. The minimum absolute atomic E-state index is 0.0466. The fourth-order valence-corrected chi connectivity index (χ4v) is 2.63. The van der Waals surface area contributed by atoms with Crippen LogP contribution in [0.5, 0.6) is 0 Å². The molecule has 2 amide bonds. The summed E-state index contributed by atoms with van der Waals surface area (Å²) < 4.78 is 10.9. The Balaban J connectivity index is 2.98. The van der Waals surface area contributed by atoms with E-state index < -0.39 is 47.0 Å². The SMILES string of the molecule is CC(C(=O)OC(C)(C)C)N(CCN1C(=O)C=CC1=O)C(C)C(=O)OC(C)(C)C. The second-order valence-electron chi connectivity index (χ2n) is 8.82. The van der Waals surface area contributed by atoms with E-state index in [0.29, 0.717) is 0 Å². The molecule has 0 aromatic carbocycles. The van der Waals surface area contributed by atoms with E-state index in [-0.39, 0.29) is 13.1 Å². The Morgan fingerprint density at radius 3 is 1.57 bits per heavy atom. The van der Waals surface area contributed by atoms with E-state index in [9.17, 15) is 19.2 Å². The van der Waals surface area contributed by atoms with Crippen molar-refractivity contribution in [3.8, 4) is 0 Å². The van der Waals surface area contributed by atoms with Crippen molar-refractivity contribution < 1.29 is 28.7 Å². The summed E-state index contributed by atoms with van der Waals surface area (Å²) in [6.45, 7) is 14.0. The Hall–Kier alpha value is -2.22. The van der Waals surface area contributed by atoms with Gasteiger partial charge in [-0.3, -0.25) is 29.0 Å². The van der Waals surface area contributed by atoms with Gasteiger partial charge in [-0.25, -0.2) is 0 Å². The molecule has 0 fully saturated rings. The summed E-state index contributed by atoms with van der Waals surface area (Å²) in [4.78, 5) is 51.4. The molecule has 0 aromatic heterocycles. The monoisotopic (exact) mass is 396 g/mol. The highest BCUT2D eigenvalue weighted by molar-refractivity contribution is 6.12. The first-order valence-electron chi connectivity index (χ1n) is 9.37. The molecule has 1 aliphatic rings. The molecule has 1 heterocycles. The number of nitrogens with zero attached hydrogens (tertiary/aromatic N) is 2. The van der Waals surface area contributed by atoms with Crippen molar-refractivity contribution in [2.45, 2.75) is 78.7 Å². The van der Waals surface area contributed by atoms with Crippen LogP contribution < -0.4 is 0 Å². The Labute approximate surface area is 166 Å². The number of carbonyl (C=O) groups is 4. The molecular formula is C20H32N2O6. The smallest absolute Gasteiger partial charge is 0.323 e. The first-order chi connectivity index (χ1) is 12.6. The van der Waals surface area contributed by atoms with Crippen molar-refractivity contribution in [1.82, 2.24) is 9.80 Å². The fourth-order valence-electron chi connectivity index (χ4n) is 2.63. The fraction of sp³-hybridized carbons (Fsp3) is 0.700. The molecular weight excluding hydrogens is 364 g/mol. The van der Waals surface area contributed by atoms with E-state index in [0.717, 1.165) is 4.90 Å². The van der Waals surface area contributed by atoms with Crippen LogP contribution in [0.25, 0.3) is 0 Å². The molecule has 2 unspecified atom stereocenters. The number of imide groups is 1. The molecule has 1 rings (SSSR count). The average molecular weight is 396 g/mol. The van der Waals surface area contributed by atoms with Gasteiger partial charge in [0.2, 0.25) is 0 Å². The molecule has 158 valence electrons. The molecule has 0 bridgehead atoms. The Bertz CT molecular complexity index is 605. The van der Waals surface area contributed by atoms with Crippen LogP contribution in [0.3, 0.4) is 0 Å². The average Bonchev–Trinajstić information content (AvgIpc) is 2.82. The largest absolute Gasteiger partial charge is 0.459 e. The van der Waals surface area contributed by atoms with E-state index in [2.05, 4.69) is 0 Å². The second-order valence-corrected chi connectivity index (χ2v) is 8.82. The van der Waals surface area contributed by atoms with Crippen molar-refractivity contribution in [3.63, 3.8) is 0 Å². The summed E-state index contributed by atoms with van der Waals surface area (Å²) >= 11 is 0. The highest BCUT2D eigenvalue weighted by Crippen LogP contribution is 2.17. The summed E-state index contributed by atoms with van der Waals surface area (Å²) in [5.74, 6) is -1.83. The second kappa shape index (κ2) is 8.86. The molecule has 8 heteroatoms. The number of carbonyl (C=O) groups excluding carboxylic acids is 4. The third kappa shape index (κ3) is 7.07. The van der Waals surface area contributed by atoms with Gasteiger partial charge in [0.25, 0.3) is 11.8 Å². The minimum atomic E-state index is -0.775. The third-order valence-electron chi connectivity index (χ3n) is 3.97. The third-order valence-corrected chi connectivity index (χ3v) is 3.97. The Kier molecular flexibility index (Phi) is 7.53. The first-order valence-corrected chi connectivity index (χ1v) is 9.37. The molecule has 0 aliphatic carbocycles. The molecule has 8 nitrogen and oxygen atoms in total. The molecule has 28 heavy (non-hydrogen) atoms. The van der Waals surface area contributed by atoms with Crippen molar-refractivity contribution in [3.05, 3.63) is 12.2 Å². The zero-order valence-corrected chi connectivity index (χ0v) is 18.1. The predicted molar refractivity (Wildman–Crippen MR) is 103 cm³/mol. The minimum Gasteiger partial charge on any atom is -0.459 e. The molecule has 0 radical (unpaired) electrons. The first kappa shape index (κ1) is 23.8. The number of hydrogen-bond acceptors (Lipinski definition) is 7. The van der Waals surface area contributed by atoms with Gasteiger partial charge < -0.3 is 9.47 Å². The van der Waals surface area contributed by atoms with Gasteiger partial charge in [0.15, 0.2) is 0 Å². The Morgan fingerprint density at radius 1 is 0.893 bits per heavy atom. The zero-order valence-electron chi connectivity index (χ0n) is 18.1. The highest BCUT2D eigenvalue weighted by Gasteiger charge is 2.35. The van der Waals surface area contributed by atoms with Gasteiger partial charge >= 0.3 is 11.9 Å². The van der Waals surface area contributed by atoms with Gasteiger partial charge in [-0.15, -0.1) is 0 Å². The standard InChI is InChI=1S/C20H32N2O6/c1-13(17(25)27-19(3,4)5)21(14(2)18(26)28-20(6,7)8)11-12-22-15(23)9-10-16(22)24/h9-10,13-14H,11-12H2,1-8H3. The lowest BCUT2D eigenvalue weighted by Crippen LogP contribution is -2.53. The molecule has 0 aromatic rings. The van der Waals surface area contributed by atoms with Gasteiger partial charge in [-0.1, -0.05) is 0 Å². The molecule has 2 atom stereocenters. The van der Waals surface area contributed by atoms with Crippen molar-refractivity contribution in [2.24, 2.45) is 0 Å². The van der Waals surface area contributed by atoms with E-state index in [1.807, 2.05) is 0 Å². The summed E-state index contributed by atoms with van der Waals surface area (Å²) in [5, 5.41) is 0. The van der Waals surface area contributed by atoms with E-state index >= 15 is 0 Å². The van der Waals surface area contributed by atoms with E-state index in [1.165, 1.54) is 12.2 Å². The van der Waals surface area contributed by atoms with E-state index in [4.69, 9.17) is 9.47 Å². The maximum atomic E-state index is 12.6. The number of esters is 2. The topological polar surface area (TPSA) is 93.2 Å². The quantitative estimate of drug-likeness (QED) is 0.477. The maximum absolute atomic E-state index is 12.6. The summed E-state index contributed by atoms with van der Waals surface area (Å²) in [7, 11) is 0. The van der Waals surface area contributed by atoms with Crippen LogP contribution >= 0.6 is 0 Å². The predicted octanol–water partition coefficient (Wildman–Crippen LogP) is 1.67. The lowest BCUT2D eigenvalue weighted by molar-refractivity contribution is -0.168. The normalized spacial score (nSPS) is 17.1. The van der Waals surface area contributed by atoms with Crippen LogP contribution in [-0.2, 0) is 28.7 Å². The summed E-state index contributed by atoms with van der Waals surface area (Å²) in [6.07, 6.45) is 2.39. The van der Waals surface area contributed by atoms with E-state index in [1.54, 1.807) is 60.3 Å². The van der Waals surface area contributed by atoms with Crippen molar-refractivity contribution in [1.29, 1.82) is 0 Å². The van der Waals surface area contributed by atoms with Gasteiger partial charge in [0.1, 0.15) is 23.3 Å². The van der Waals surface area contributed by atoms with Crippen LogP contribution in [0.15, 0.2) is 12.2 Å². The van der Waals surface area contributed by atoms with Crippen molar-refractivity contribution in [2.75, 3.05) is 13.1 Å². The molecule has 0 saturated heterocycles. The van der Waals surface area contributed by atoms with Crippen molar-refractivity contribution >= 4 is 23.8 Å². The van der Waals surface area contributed by atoms with Gasteiger partial charge in [-0.2, -0.15) is 0 Å². The summed E-state index contributed by atoms with van der Waals surface area (Å²) in [5.41, 5.74) is -1.37. The lowest BCUT2D eigenvalue weighted by Gasteiger charge is -2.35. The van der Waals surface area contributed by atoms with Gasteiger partial charge in [0.05, 0.1) is 0 Å². The molecule has 0 saturated carbocycles. The van der Waals surface area contributed by atoms with Gasteiger partial charge in [0, 0.05) is 25.2 Å². The number of ether oxygens (including phenoxy) is 2. The lowest BCUT2D eigenvalue weighted by atomic mass is 10.1. The molecule has 0 spiro atoms. The number of hydrogen-bond donors (Lipinski definition) is 0. The molecule has 1 aliphatic heterocycles. The van der Waals surface area contributed by atoms with Gasteiger partial charge in [-0.05, 0) is 55.4 Å². The molecule has 0 N–H and O–H groups in total. The van der Waals surface area contributed by atoms with Crippen LogP contribution in [0.1, 0.15) is 55.4 Å². The number of amides is 2. The van der Waals surface area contributed by atoms with Crippen LogP contribution in [0.4, 0.5) is 0 Å². The van der Waals surface area contributed by atoms with Crippen LogP contribution in [-0.4, -0.2) is 69.9 Å². The highest BCUT2D eigenvalue weighted by atomic mass is 16.6. The maximum Gasteiger partial charge on any atom is 0.323 e. The van der Waals surface area contributed by atoms with Crippen LogP contribution in [0.2, 0.25) is 0 Å². The van der Waals surface area contributed by atoms with Crippen LogP contribution in [0, 0.1) is 0 Å². The number of rotatable bonds is 7. The summed E-state index contributed by atoms with van der Waals surface area (Å²) in [6, 6.07) is -1.55.